The Hall–Kier alpha value is -2.69. The lowest BCUT2D eigenvalue weighted by molar-refractivity contribution is -0.122. The van der Waals surface area contributed by atoms with E-state index in [9.17, 15) is 14.0 Å². The summed E-state index contributed by atoms with van der Waals surface area (Å²) in [6.45, 7) is 0.309. The maximum absolute atomic E-state index is 13.0. The topological polar surface area (TPSA) is 49.4 Å². The summed E-state index contributed by atoms with van der Waals surface area (Å²) in [7, 11) is 0. The summed E-state index contributed by atoms with van der Waals surface area (Å²) in [6, 6.07) is 14.8. The van der Waals surface area contributed by atoms with Gasteiger partial charge in [0.15, 0.2) is 0 Å². The average Bonchev–Trinajstić information content (AvgIpc) is 2.91. The molecule has 2 aromatic rings. The molecule has 1 atom stereocenters. The quantitative estimate of drug-likeness (QED) is 0.947. The lowest BCUT2D eigenvalue weighted by Gasteiger charge is -2.16. The maximum Gasteiger partial charge on any atom is 0.229 e. The molecule has 1 aliphatic rings. The number of nitrogens with zero attached hydrogens (tertiary/aromatic N) is 1. The van der Waals surface area contributed by atoms with Crippen molar-refractivity contribution in [1.29, 1.82) is 0 Å². The maximum atomic E-state index is 13.0. The molecule has 5 heteroatoms. The van der Waals surface area contributed by atoms with E-state index in [4.69, 9.17) is 0 Å². The number of rotatable bonds is 3. The number of carbonyl (C=O) groups excluding carboxylic acids is 2. The molecule has 3 rings (SSSR count). The monoisotopic (exact) mass is 298 g/mol. The van der Waals surface area contributed by atoms with Gasteiger partial charge >= 0.3 is 0 Å². The molecule has 4 nitrogen and oxygen atoms in total. The number of anilines is 2. The van der Waals surface area contributed by atoms with Crippen molar-refractivity contribution in [3.8, 4) is 0 Å². The highest BCUT2D eigenvalue weighted by atomic mass is 19.1. The Labute approximate surface area is 127 Å². The van der Waals surface area contributed by atoms with E-state index in [0.29, 0.717) is 17.9 Å². The Balaban J connectivity index is 1.69. The first-order valence-electron chi connectivity index (χ1n) is 7.05. The fourth-order valence-electron chi connectivity index (χ4n) is 2.52. The van der Waals surface area contributed by atoms with Crippen LogP contribution in [0.15, 0.2) is 54.6 Å². The molecule has 0 bridgehead atoms. The summed E-state index contributed by atoms with van der Waals surface area (Å²) in [6.07, 6.45) is 0.163. The molecule has 1 unspecified atom stereocenters. The minimum Gasteiger partial charge on any atom is -0.326 e. The molecule has 1 N–H and O–H groups in total. The van der Waals surface area contributed by atoms with Crippen LogP contribution >= 0.6 is 0 Å². The van der Waals surface area contributed by atoms with Gasteiger partial charge < -0.3 is 10.2 Å². The third-order valence-corrected chi connectivity index (χ3v) is 3.68. The Morgan fingerprint density at radius 1 is 1.09 bits per heavy atom. The summed E-state index contributed by atoms with van der Waals surface area (Å²) < 4.78 is 13.0. The van der Waals surface area contributed by atoms with Gasteiger partial charge in [0, 0.05) is 24.3 Å². The van der Waals surface area contributed by atoms with Crippen LogP contribution in [0.1, 0.15) is 6.42 Å². The van der Waals surface area contributed by atoms with E-state index < -0.39 is 5.92 Å². The zero-order valence-electron chi connectivity index (χ0n) is 11.8. The predicted octanol–water partition coefficient (Wildman–Crippen LogP) is 2.82. The number of hydrogen-bond acceptors (Lipinski definition) is 2. The fourth-order valence-corrected chi connectivity index (χ4v) is 2.52. The molecule has 0 saturated carbocycles. The summed E-state index contributed by atoms with van der Waals surface area (Å²) in [5.41, 5.74) is 1.32. The minimum absolute atomic E-state index is 0.125. The second-order valence-corrected chi connectivity index (χ2v) is 5.24. The number of amides is 2. The van der Waals surface area contributed by atoms with Crippen molar-refractivity contribution in [2.45, 2.75) is 6.42 Å². The van der Waals surface area contributed by atoms with Crippen molar-refractivity contribution in [3.05, 3.63) is 60.4 Å². The fraction of sp³-hybridized carbons (Fsp3) is 0.176. The van der Waals surface area contributed by atoms with Crippen molar-refractivity contribution in [3.63, 3.8) is 0 Å². The zero-order valence-corrected chi connectivity index (χ0v) is 11.8. The van der Waals surface area contributed by atoms with E-state index in [2.05, 4.69) is 5.32 Å². The second kappa shape index (κ2) is 5.97. The zero-order chi connectivity index (χ0) is 15.5. The first-order chi connectivity index (χ1) is 10.6. The van der Waals surface area contributed by atoms with Gasteiger partial charge in [-0.2, -0.15) is 0 Å². The Kier molecular flexibility index (Phi) is 3.87. The molecule has 0 aliphatic carbocycles. The Morgan fingerprint density at radius 2 is 1.77 bits per heavy atom. The predicted molar refractivity (Wildman–Crippen MR) is 81.9 cm³/mol. The third kappa shape index (κ3) is 2.98. The van der Waals surface area contributed by atoms with Crippen LogP contribution in [0.4, 0.5) is 15.8 Å². The number of nitrogens with one attached hydrogen (secondary N) is 1. The summed E-state index contributed by atoms with van der Waals surface area (Å²) in [5.74, 6) is -1.06. The van der Waals surface area contributed by atoms with E-state index >= 15 is 0 Å². The first kappa shape index (κ1) is 14.3. The molecule has 1 aliphatic heterocycles. The normalized spacial score (nSPS) is 17.6. The van der Waals surface area contributed by atoms with Gasteiger partial charge in [-0.05, 0) is 36.4 Å². The lowest BCUT2D eigenvalue weighted by atomic mass is 10.1. The molecule has 0 radical (unpaired) electrons. The number of halogens is 1. The minimum atomic E-state index is -0.405. The van der Waals surface area contributed by atoms with Gasteiger partial charge in [0.1, 0.15) is 5.82 Å². The van der Waals surface area contributed by atoms with E-state index in [1.807, 2.05) is 18.2 Å². The first-order valence-corrected chi connectivity index (χ1v) is 7.05. The molecule has 2 aromatic carbocycles. The molecule has 1 saturated heterocycles. The molecule has 0 aromatic heterocycles. The highest BCUT2D eigenvalue weighted by Crippen LogP contribution is 2.26. The molecular formula is C17H15FN2O2. The number of hydrogen-bond donors (Lipinski definition) is 1. The van der Waals surface area contributed by atoms with Gasteiger partial charge in [-0.25, -0.2) is 4.39 Å². The molecule has 1 fully saturated rings. The van der Waals surface area contributed by atoms with Crippen molar-refractivity contribution < 1.29 is 14.0 Å². The van der Waals surface area contributed by atoms with Gasteiger partial charge in [0.2, 0.25) is 11.8 Å². The SMILES string of the molecule is O=C(Nc1ccccc1)C1CC(=O)N(c2ccc(F)cc2)C1. The standard InChI is InChI=1S/C17H15FN2O2/c18-13-6-8-15(9-7-13)20-11-12(10-16(20)21)17(22)19-14-4-2-1-3-5-14/h1-9,12H,10-11H2,(H,19,22). The summed E-state index contributed by atoms with van der Waals surface area (Å²) in [4.78, 5) is 25.8. The number of para-hydroxylation sites is 1. The lowest BCUT2D eigenvalue weighted by Crippen LogP contribution is -2.28. The third-order valence-electron chi connectivity index (χ3n) is 3.68. The molecule has 112 valence electrons. The van der Waals surface area contributed by atoms with Gasteiger partial charge in [-0.1, -0.05) is 18.2 Å². The van der Waals surface area contributed by atoms with Gasteiger partial charge in [0.05, 0.1) is 5.92 Å². The average molecular weight is 298 g/mol. The van der Waals surface area contributed by atoms with E-state index in [-0.39, 0.29) is 24.1 Å². The molecular weight excluding hydrogens is 283 g/mol. The van der Waals surface area contributed by atoms with Crippen LogP contribution in [0.25, 0.3) is 0 Å². The van der Waals surface area contributed by atoms with Crippen molar-refractivity contribution in [1.82, 2.24) is 0 Å². The van der Waals surface area contributed by atoms with Crippen molar-refractivity contribution in [2.24, 2.45) is 5.92 Å². The van der Waals surface area contributed by atoms with Gasteiger partial charge in [-0.3, -0.25) is 9.59 Å². The van der Waals surface area contributed by atoms with Crippen LogP contribution < -0.4 is 10.2 Å². The van der Waals surface area contributed by atoms with E-state index in [0.717, 1.165) is 0 Å². The number of carbonyl (C=O) groups is 2. The Bertz CT molecular complexity index is 686. The molecule has 1 heterocycles. The smallest absolute Gasteiger partial charge is 0.229 e. The van der Waals surface area contributed by atoms with Crippen LogP contribution in [0.2, 0.25) is 0 Å². The van der Waals surface area contributed by atoms with Crippen LogP contribution in [-0.2, 0) is 9.59 Å². The largest absolute Gasteiger partial charge is 0.326 e. The highest BCUT2D eigenvalue weighted by molar-refractivity contribution is 6.03. The Morgan fingerprint density at radius 3 is 2.45 bits per heavy atom. The van der Waals surface area contributed by atoms with Crippen LogP contribution in [0, 0.1) is 11.7 Å². The van der Waals surface area contributed by atoms with Crippen LogP contribution in [0.3, 0.4) is 0 Å². The van der Waals surface area contributed by atoms with Gasteiger partial charge in [-0.15, -0.1) is 0 Å². The molecule has 0 spiro atoms. The number of benzene rings is 2. The highest BCUT2D eigenvalue weighted by Gasteiger charge is 2.35. The second-order valence-electron chi connectivity index (χ2n) is 5.24. The van der Waals surface area contributed by atoms with Crippen LogP contribution in [0.5, 0.6) is 0 Å². The van der Waals surface area contributed by atoms with Crippen molar-refractivity contribution >= 4 is 23.2 Å². The van der Waals surface area contributed by atoms with Crippen molar-refractivity contribution in [2.75, 3.05) is 16.8 Å². The summed E-state index contributed by atoms with van der Waals surface area (Å²) >= 11 is 0. The van der Waals surface area contributed by atoms with Crippen LogP contribution in [-0.4, -0.2) is 18.4 Å². The van der Waals surface area contributed by atoms with E-state index in [1.165, 1.54) is 17.0 Å². The molecule has 2 amide bonds. The summed E-state index contributed by atoms with van der Waals surface area (Å²) in [5, 5.41) is 2.81. The van der Waals surface area contributed by atoms with E-state index in [1.54, 1.807) is 24.3 Å². The molecule has 22 heavy (non-hydrogen) atoms. The van der Waals surface area contributed by atoms with Gasteiger partial charge in [0.25, 0.3) is 0 Å².